The Morgan fingerprint density at radius 2 is 1.92 bits per heavy atom. The van der Waals surface area contributed by atoms with Gasteiger partial charge in [-0.05, 0) is 61.7 Å². The zero-order valence-corrected chi connectivity index (χ0v) is 15.1. The standard InChI is InChI=1S/C20H24N2O2.ClH/c23-20(10-9-16-11-12-21-14-16)22-15-17-5-4-8-19(13-17)24-18-6-2-1-3-7-18;/h1-8,13,16,21H,9-12,14-15H2,(H,22,23);1H. The van der Waals surface area contributed by atoms with Crippen LogP contribution in [-0.4, -0.2) is 19.0 Å². The van der Waals surface area contributed by atoms with Crippen molar-refractivity contribution in [2.24, 2.45) is 5.92 Å². The van der Waals surface area contributed by atoms with Crippen molar-refractivity contribution in [1.82, 2.24) is 10.6 Å². The molecule has 0 aromatic heterocycles. The Kier molecular flexibility index (Phi) is 7.76. The molecular weight excluding hydrogens is 336 g/mol. The zero-order chi connectivity index (χ0) is 16.6. The molecule has 1 unspecified atom stereocenters. The number of nitrogens with one attached hydrogen (secondary N) is 2. The van der Waals surface area contributed by atoms with Gasteiger partial charge >= 0.3 is 0 Å². The monoisotopic (exact) mass is 360 g/mol. The van der Waals surface area contributed by atoms with Gasteiger partial charge in [-0.3, -0.25) is 4.79 Å². The maximum Gasteiger partial charge on any atom is 0.220 e. The number of rotatable bonds is 7. The van der Waals surface area contributed by atoms with Crippen molar-refractivity contribution in [3.8, 4) is 11.5 Å². The molecule has 4 nitrogen and oxygen atoms in total. The van der Waals surface area contributed by atoms with Crippen LogP contribution in [0, 0.1) is 5.92 Å². The summed E-state index contributed by atoms with van der Waals surface area (Å²) in [4.78, 5) is 12.0. The van der Waals surface area contributed by atoms with Crippen molar-refractivity contribution in [3.05, 3.63) is 60.2 Å². The number of carbonyl (C=O) groups excluding carboxylic acids is 1. The van der Waals surface area contributed by atoms with E-state index in [9.17, 15) is 4.79 Å². The molecule has 1 saturated heterocycles. The predicted molar refractivity (Wildman–Crippen MR) is 102 cm³/mol. The van der Waals surface area contributed by atoms with Crippen molar-refractivity contribution >= 4 is 18.3 Å². The summed E-state index contributed by atoms with van der Waals surface area (Å²) in [6.45, 7) is 2.67. The van der Waals surface area contributed by atoms with Crippen LogP contribution < -0.4 is 15.4 Å². The van der Waals surface area contributed by atoms with Gasteiger partial charge in [0.05, 0.1) is 0 Å². The number of hydrogen-bond acceptors (Lipinski definition) is 3. The van der Waals surface area contributed by atoms with Crippen molar-refractivity contribution in [1.29, 1.82) is 0 Å². The highest BCUT2D eigenvalue weighted by molar-refractivity contribution is 5.85. The first-order chi connectivity index (χ1) is 11.8. The summed E-state index contributed by atoms with van der Waals surface area (Å²) in [5, 5.41) is 6.33. The van der Waals surface area contributed by atoms with E-state index >= 15 is 0 Å². The molecule has 1 fully saturated rings. The fourth-order valence-electron chi connectivity index (χ4n) is 2.93. The van der Waals surface area contributed by atoms with Crippen LogP contribution in [0.3, 0.4) is 0 Å². The molecule has 134 valence electrons. The molecule has 5 heteroatoms. The lowest BCUT2D eigenvalue weighted by Gasteiger charge is -2.10. The van der Waals surface area contributed by atoms with Crippen molar-refractivity contribution < 1.29 is 9.53 Å². The van der Waals surface area contributed by atoms with E-state index in [-0.39, 0.29) is 18.3 Å². The number of amides is 1. The van der Waals surface area contributed by atoms with Crippen molar-refractivity contribution in [2.45, 2.75) is 25.8 Å². The second-order valence-electron chi connectivity index (χ2n) is 6.24. The molecule has 1 amide bonds. The van der Waals surface area contributed by atoms with E-state index in [4.69, 9.17) is 4.74 Å². The minimum Gasteiger partial charge on any atom is -0.457 e. The second kappa shape index (κ2) is 10.1. The first kappa shape index (κ1) is 19.3. The number of carbonyl (C=O) groups is 1. The van der Waals surface area contributed by atoms with Crippen molar-refractivity contribution in [3.63, 3.8) is 0 Å². The van der Waals surface area contributed by atoms with E-state index in [1.54, 1.807) is 0 Å². The van der Waals surface area contributed by atoms with E-state index in [1.165, 1.54) is 6.42 Å². The van der Waals surface area contributed by atoms with E-state index in [2.05, 4.69) is 10.6 Å². The van der Waals surface area contributed by atoms with Gasteiger partial charge in [-0.25, -0.2) is 0 Å². The normalized spacial score (nSPS) is 16.1. The summed E-state index contributed by atoms with van der Waals surface area (Å²) in [6, 6.07) is 17.5. The van der Waals surface area contributed by atoms with Crippen LogP contribution in [0.2, 0.25) is 0 Å². The summed E-state index contributed by atoms with van der Waals surface area (Å²) in [6.07, 6.45) is 2.76. The smallest absolute Gasteiger partial charge is 0.220 e. The van der Waals surface area contributed by atoms with Crippen LogP contribution in [0.15, 0.2) is 54.6 Å². The van der Waals surface area contributed by atoms with E-state index in [0.717, 1.165) is 36.6 Å². The summed E-state index contributed by atoms with van der Waals surface area (Å²) >= 11 is 0. The summed E-state index contributed by atoms with van der Waals surface area (Å²) in [5.41, 5.74) is 1.04. The van der Waals surface area contributed by atoms with Gasteiger partial charge in [-0.1, -0.05) is 30.3 Å². The van der Waals surface area contributed by atoms with E-state index in [0.29, 0.717) is 18.9 Å². The maximum absolute atomic E-state index is 12.0. The Bertz CT molecular complexity index is 658. The van der Waals surface area contributed by atoms with Gasteiger partial charge < -0.3 is 15.4 Å². The van der Waals surface area contributed by atoms with Gasteiger partial charge in [-0.2, -0.15) is 0 Å². The third-order valence-electron chi connectivity index (χ3n) is 4.31. The van der Waals surface area contributed by atoms with Crippen LogP contribution in [0.4, 0.5) is 0 Å². The Hall–Kier alpha value is -2.04. The third kappa shape index (κ3) is 6.40. The molecule has 25 heavy (non-hydrogen) atoms. The quantitative estimate of drug-likeness (QED) is 0.787. The number of hydrogen-bond donors (Lipinski definition) is 2. The SMILES string of the molecule is Cl.O=C(CCC1CCNC1)NCc1cccc(Oc2ccccc2)c1. The maximum atomic E-state index is 12.0. The average Bonchev–Trinajstić information content (AvgIpc) is 3.13. The lowest BCUT2D eigenvalue weighted by atomic mass is 10.0. The van der Waals surface area contributed by atoms with Crippen molar-refractivity contribution in [2.75, 3.05) is 13.1 Å². The van der Waals surface area contributed by atoms with Crippen LogP contribution in [-0.2, 0) is 11.3 Å². The highest BCUT2D eigenvalue weighted by atomic mass is 35.5. The number of para-hydroxylation sites is 1. The van der Waals surface area contributed by atoms with Gasteiger partial charge in [0.1, 0.15) is 11.5 Å². The number of halogens is 1. The van der Waals surface area contributed by atoms with E-state index in [1.807, 2.05) is 54.6 Å². The third-order valence-corrected chi connectivity index (χ3v) is 4.31. The molecular formula is C20H25ClN2O2. The largest absolute Gasteiger partial charge is 0.457 e. The molecule has 0 bridgehead atoms. The highest BCUT2D eigenvalue weighted by Gasteiger charge is 2.15. The van der Waals surface area contributed by atoms with Crippen LogP contribution in [0.25, 0.3) is 0 Å². The summed E-state index contributed by atoms with van der Waals surface area (Å²) in [5.74, 6) is 2.36. The highest BCUT2D eigenvalue weighted by Crippen LogP contribution is 2.21. The van der Waals surface area contributed by atoms with Crippen LogP contribution in [0.5, 0.6) is 11.5 Å². The first-order valence-corrected chi connectivity index (χ1v) is 8.59. The topological polar surface area (TPSA) is 50.4 Å². The zero-order valence-electron chi connectivity index (χ0n) is 14.2. The minimum absolute atomic E-state index is 0. The fourth-order valence-corrected chi connectivity index (χ4v) is 2.93. The molecule has 2 N–H and O–H groups in total. The molecule has 0 aliphatic carbocycles. The molecule has 1 aliphatic heterocycles. The van der Waals surface area contributed by atoms with Crippen LogP contribution >= 0.6 is 12.4 Å². The number of benzene rings is 2. The molecule has 3 rings (SSSR count). The van der Waals surface area contributed by atoms with Gasteiger partial charge in [0.15, 0.2) is 0 Å². The second-order valence-corrected chi connectivity index (χ2v) is 6.24. The Morgan fingerprint density at radius 1 is 1.12 bits per heavy atom. The molecule has 1 heterocycles. The van der Waals surface area contributed by atoms with Gasteiger partial charge in [-0.15, -0.1) is 12.4 Å². The summed E-state index contributed by atoms with van der Waals surface area (Å²) < 4.78 is 5.82. The van der Waals surface area contributed by atoms with Crippen LogP contribution in [0.1, 0.15) is 24.8 Å². The summed E-state index contributed by atoms with van der Waals surface area (Å²) in [7, 11) is 0. The van der Waals surface area contributed by atoms with Gasteiger partial charge in [0, 0.05) is 13.0 Å². The predicted octanol–water partition coefficient (Wildman–Crippen LogP) is 3.91. The molecule has 1 atom stereocenters. The molecule has 1 aliphatic rings. The van der Waals surface area contributed by atoms with Gasteiger partial charge in [0.2, 0.25) is 5.91 Å². The molecule has 2 aromatic carbocycles. The first-order valence-electron chi connectivity index (χ1n) is 8.59. The molecule has 0 spiro atoms. The molecule has 0 saturated carbocycles. The average molecular weight is 361 g/mol. The van der Waals surface area contributed by atoms with Gasteiger partial charge in [0.25, 0.3) is 0 Å². The fraction of sp³-hybridized carbons (Fsp3) is 0.350. The lowest BCUT2D eigenvalue weighted by Crippen LogP contribution is -2.23. The Morgan fingerprint density at radius 3 is 2.68 bits per heavy atom. The lowest BCUT2D eigenvalue weighted by molar-refractivity contribution is -0.121. The number of ether oxygens (including phenoxy) is 1. The minimum atomic E-state index is 0. The van der Waals surface area contributed by atoms with E-state index < -0.39 is 0 Å². The Labute approximate surface area is 155 Å². The molecule has 0 radical (unpaired) electrons. The Balaban J connectivity index is 0.00000225. The molecule has 2 aromatic rings.